The molecule has 1 aromatic carbocycles. The van der Waals surface area contributed by atoms with Crippen LogP contribution in [0.4, 0.5) is 5.69 Å². The number of benzene rings is 1. The van der Waals surface area contributed by atoms with Gasteiger partial charge in [0.2, 0.25) is 5.91 Å². The van der Waals surface area contributed by atoms with Gasteiger partial charge in [-0.3, -0.25) is 9.59 Å². The first-order valence-corrected chi connectivity index (χ1v) is 9.40. The van der Waals surface area contributed by atoms with Gasteiger partial charge >= 0.3 is 0 Å². The van der Waals surface area contributed by atoms with Crippen LogP contribution in [0.2, 0.25) is 0 Å². The van der Waals surface area contributed by atoms with Crippen molar-refractivity contribution in [1.82, 2.24) is 10.2 Å². The number of hydrogen-bond acceptors (Lipinski definition) is 4. The van der Waals surface area contributed by atoms with Gasteiger partial charge in [0.1, 0.15) is 5.75 Å². The Hall–Kier alpha value is -2.08. The summed E-state index contributed by atoms with van der Waals surface area (Å²) in [5, 5.41) is 6.59. The Morgan fingerprint density at radius 2 is 1.92 bits per heavy atom. The van der Waals surface area contributed by atoms with Crippen LogP contribution in [0.5, 0.6) is 5.75 Å². The number of rotatable bonds is 6. The number of ether oxygens (including phenoxy) is 1. The maximum absolute atomic E-state index is 12.5. The number of nitrogens with zero attached hydrogens (tertiary/aromatic N) is 1. The largest absolute Gasteiger partial charge is 0.482 e. The lowest BCUT2D eigenvalue weighted by molar-refractivity contribution is -0.130. The molecular weight excluding hydrogens is 330 g/mol. The highest BCUT2D eigenvalue weighted by Gasteiger charge is 2.34. The van der Waals surface area contributed by atoms with Crippen molar-refractivity contribution in [3.63, 3.8) is 0 Å². The fourth-order valence-corrected chi connectivity index (χ4v) is 3.93. The minimum absolute atomic E-state index is 0.0175. The van der Waals surface area contributed by atoms with Gasteiger partial charge in [-0.15, -0.1) is 0 Å². The normalized spacial score (nSPS) is 24.2. The van der Waals surface area contributed by atoms with E-state index in [1.807, 2.05) is 25.1 Å². The van der Waals surface area contributed by atoms with Crippen molar-refractivity contribution >= 4 is 17.5 Å². The van der Waals surface area contributed by atoms with Crippen molar-refractivity contribution in [2.24, 2.45) is 5.92 Å². The minimum Gasteiger partial charge on any atom is -0.482 e. The highest BCUT2D eigenvalue weighted by atomic mass is 16.5. The third-order valence-electron chi connectivity index (χ3n) is 5.31. The number of fused-ring (bicyclic) bond motifs is 2. The predicted octanol–water partition coefficient (Wildman–Crippen LogP) is 2.32. The fourth-order valence-electron chi connectivity index (χ4n) is 3.93. The van der Waals surface area contributed by atoms with E-state index in [0.29, 0.717) is 35.9 Å². The number of carbonyl (C=O) groups is 2. The maximum Gasteiger partial charge on any atom is 0.259 e. The molecule has 0 aromatic heterocycles. The zero-order valence-electron chi connectivity index (χ0n) is 15.9. The number of anilines is 1. The second-order valence-corrected chi connectivity index (χ2v) is 7.80. The van der Waals surface area contributed by atoms with E-state index in [4.69, 9.17) is 4.74 Å². The molecule has 6 heteroatoms. The summed E-state index contributed by atoms with van der Waals surface area (Å²) >= 11 is 0. The number of aryl methyl sites for hydroxylation is 1. The molecule has 142 valence electrons. The van der Waals surface area contributed by atoms with Gasteiger partial charge in [-0.25, -0.2) is 0 Å². The Balaban J connectivity index is 1.59. The standard InChI is InChI=1S/C20H29N3O3/c1-13-4-7-17(18(8-13)26-12-20(25)23(2)3)22-19(24)11-14-9-15-5-6-16(10-14)21-15/h4,7-8,14-16,21H,5-6,9-12H2,1-3H3,(H,22,24). The first kappa shape index (κ1) is 18.7. The highest BCUT2D eigenvalue weighted by molar-refractivity contribution is 5.92. The molecule has 2 unspecified atom stereocenters. The number of nitrogens with one attached hydrogen (secondary N) is 2. The van der Waals surface area contributed by atoms with E-state index in [1.54, 1.807) is 14.1 Å². The Morgan fingerprint density at radius 1 is 1.23 bits per heavy atom. The van der Waals surface area contributed by atoms with Crippen LogP contribution in [-0.4, -0.2) is 49.5 Å². The first-order valence-electron chi connectivity index (χ1n) is 9.40. The van der Waals surface area contributed by atoms with Crippen molar-refractivity contribution in [3.05, 3.63) is 23.8 Å². The third-order valence-corrected chi connectivity index (χ3v) is 5.31. The molecule has 2 heterocycles. The van der Waals surface area contributed by atoms with Crippen molar-refractivity contribution in [2.45, 2.75) is 51.1 Å². The molecule has 0 aliphatic carbocycles. The van der Waals surface area contributed by atoms with E-state index in [1.165, 1.54) is 17.7 Å². The molecule has 2 atom stereocenters. The van der Waals surface area contributed by atoms with Gasteiger partial charge in [-0.05, 0) is 56.2 Å². The molecule has 2 amide bonds. The molecule has 2 aliphatic rings. The Labute approximate surface area is 155 Å². The number of likely N-dealkylation sites (N-methyl/N-ethyl adjacent to an activating group) is 1. The molecule has 2 saturated heterocycles. The molecule has 1 aromatic rings. The molecule has 2 aliphatic heterocycles. The zero-order valence-corrected chi connectivity index (χ0v) is 15.9. The van der Waals surface area contributed by atoms with Crippen LogP contribution in [-0.2, 0) is 9.59 Å². The molecule has 2 bridgehead atoms. The van der Waals surface area contributed by atoms with Crippen LogP contribution >= 0.6 is 0 Å². The van der Waals surface area contributed by atoms with E-state index >= 15 is 0 Å². The lowest BCUT2D eigenvalue weighted by atomic mass is 9.89. The quantitative estimate of drug-likeness (QED) is 0.818. The maximum atomic E-state index is 12.5. The Kier molecular flexibility index (Phi) is 5.81. The van der Waals surface area contributed by atoms with Gasteiger partial charge < -0.3 is 20.3 Å². The molecule has 0 saturated carbocycles. The van der Waals surface area contributed by atoms with Gasteiger partial charge in [0, 0.05) is 32.6 Å². The van der Waals surface area contributed by atoms with Gasteiger partial charge in [-0.1, -0.05) is 6.07 Å². The van der Waals surface area contributed by atoms with Crippen LogP contribution in [0.15, 0.2) is 18.2 Å². The van der Waals surface area contributed by atoms with E-state index in [-0.39, 0.29) is 18.4 Å². The van der Waals surface area contributed by atoms with Crippen LogP contribution < -0.4 is 15.4 Å². The zero-order chi connectivity index (χ0) is 18.7. The molecule has 0 spiro atoms. The van der Waals surface area contributed by atoms with Crippen LogP contribution in [0.1, 0.15) is 37.7 Å². The fraction of sp³-hybridized carbons (Fsp3) is 0.600. The van der Waals surface area contributed by atoms with Gasteiger partial charge in [0.15, 0.2) is 6.61 Å². The summed E-state index contributed by atoms with van der Waals surface area (Å²) in [6.45, 7) is 1.91. The Bertz CT molecular complexity index is 662. The summed E-state index contributed by atoms with van der Waals surface area (Å²) in [4.78, 5) is 25.8. The summed E-state index contributed by atoms with van der Waals surface area (Å²) in [7, 11) is 3.38. The summed E-state index contributed by atoms with van der Waals surface area (Å²) < 4.78 is 5.66. The van der Waals surface area contributed by atoms with E-state index < -0.39 is 0 Å². The highest BCUT2D eigenvalue weighted by Crippen LogP contribution is 2.33. The van der Waals surface area contributed by atoms with Crippen LogP contribution in [0.3, 0.4) is 0 Å². The molecule has 2 fully saturated rings. The number of piperidine rings is 1. The SMILES string of the molecule is Cc1ccc(NC(=O)CC2CC3CCC(C2)N3)c(OCC(=O)N(C)C)c1. The summed E-state index contributed by atoms with van der Waals surface area (Å²) in [5.41, 5.74) is 1.65. The van der Waals surface area contributed by atoms with Gasteiger partial charge in [-0.2, -0.15) is 0 Å². The molecule has 2 N–H and O–H groups in total. The van der Waals surface area contributed by atoms with Crippen molar-refractivity contribution in [3.8, 4) is 5.75 Å². The van der Waals surface area contributed by atoms with Gasteiger partial charge in [0.05, 0.1) is 5.69 Å². The molecule has 3 rings (SSSR count). The van der Waals surface area contributed by atoms with Gasteiger partial charge in [0.25, 0.3) is 5.91 Å². The molecule has 0 radical (unpaired) electrons. The Morgan fingerprint density at radius 3 is 2.58 bits per heavy atom. The average molecular weight is 359 g/mol. The third kappa shape index (κ3) is 4.75. The number of amides is 2. The van der Waals surface area contributed by atoms with E-state index in [9.17, 15) is 9.59 Å². The summed E-state index contributed by atoms with van der Waals surface area (Å²) in [5.74, 6) is 0.885. The van der Waals surface area contributed by atoms with E-state index in [2.05, 4.69) is 10.6 Å². The topological polar surface area (TPSA) is 70.7 Å². The smallest absolute Gasteiger partial charge is 0.259 e. The lowest BCUT2D eigenvalue weighted by Gasteiger charge is -2.28. The number of hydrogen-bond donors (Lipinski definition) is 2. The second kappa shape index (κ2) is 8.08. The second-order valence-electron chi connectivity index (χ2n) is 7.80. The monoisotopic (exact) mass is 359 g/mol. The minimum atomic E-state index is -0.117. The van der Waals surface area contributed by atoms with Crippen molar-refractivity contribution in [2.75, 3.05) is 26.0 Å². The molecular formula is C20H29N3O3. The summed E-state index contributed by atoms with van der Waals surface area (Å²) in [6, 6.07) is 6.79. The average Bonchev–Trinajstić information content (AvgIpc) is 2.93. The van der Waals surface area contributed by atoms with Crippen molar-refractivity contribution in [1.29, 1.82) is 0 Å². The van der Waals surface area contributed by atoms with E-state index in [0.717, 1.165) is 18.4 Å². The number of carbonyl (C=O) groups excluding carboxylic acids is 2. The van der Waals surface area contributed by atoms with Crippen LogP contribution in [0.25, 0.3) is 0 Å². The van der Waals surface area contributed by atoms with Crippen LogP contribution in [0, 0.1) is 12.8 Å². The lowest BCUT2D eigenvalue weighted by Crippen LogP contribution is -2.39. The first-order chi connectivity index (χ1) is 12.4. The van der Waals surface area contributed by atoms with Crippen molar-refractivity contribution < 1.29 is 14.3 Å². The predicted molar refractivity (Wildman–Crippen MR) is 101 cm³/mol. The summed E-state index contributed by atoms with van der Waals surface area (Å²) in [6.07, 6.45) is 5.17. The molecule has 26 heavy (non-hydrogen) atoms. The molecule has 6 nitrogen and oxygen atoms in total.